The van der Waals surface area contributed by atoms with E-state index < -0.39 is 10.0 Å². The summed E-state index contributed by atoms with van der Waals surface area (Å²) >= 11 is 0. The molecule has 0 radical (unpaired) electrons. The molecule has 2 aromatic rings. The molecule has 7 heteroatoms. The van der Waals surface area contributed by atoms with Gasteiger partial charge in [0.05, 0.1) is 17.1 Å². The van der Waals surface area contributed by atoms with Gasteiger partial charge in [-0.25, -0.2) is 23.1 Å². The lowest BCUT2D eigenvalue weighted by atomic mass is 10.1. The fourth-order valence-electron chi connectivity index (χ4n) is 2.69. The van der Waals surface area contributed by atoms with Crippen LogP contribution >= 0.6 is 0 Å². The summed E-state index contributed by atoms with van der Waals surface area (Å²) in [4.78, 5) is 11.2. The predicted molar refractivity (Wildman–Crippen MR) is 93.4 cm³/mol. The minimum atomic E-state index is -3.55. The Labute approximate surface area is 143 Å². The van der Waals surface area contributed by atoms with Crippen molar-refractivity contribution in [1.82, 2.24) is 14.7 Å². The van der Waals surface area contributed by atoms with Crippen LogP contribution in [0.3, 0.4) is 0 Å². The van der Waals surface area contributed by atoms with Gasteiger partial charge in [0.2, 0.25) is 16.0 Å². The molecule has 2 heterocycles. The van der Waals surface area contributed by atoms with Crippen LogP contribution in [0, 0.1) is 13.8 Å². The van der Waals surface area contributed by atoms with Gasteiger partial charge in [0.1, 0.15) is 0 Å². The van der Waals surface area contributed by atoms with Crippen molar-refractivity contribution in [1.29, 1.82) is 0 Å². The van der Waals surface area contributed by atoms with Crippen molar-refractivity contribution in [2.75, 3.05) is 18.0 Å². The number of benzene rings is 1. The summed E-state index contributed by atoms with van der Waals surface area (Å²) in [6.45, 7) is 5.93. The number of anilines is 1. The van der Waals surface area contributed by atoms with Gasteiger partial charge in [0, 0.05) is 19.3 Å². The first-order valence-electron chi connectivity index (χ1n) is 8.09. The topological polar surface area (TPSA) is 75.2 Å². The summed E-state index contributed by atoms with van der Waals surface area (Å²) < 4.78 is 27.5. The van der Waals surface area contributed by atoms with Gasteiger partial charge in [-0.15, -0.1) is 0 Å². The number of rotatable bonds is 5. The molecule has 0 unspecified atom stereocenters. The summed E-state index contributed by atoms with van der Waals surface area (Å²) in [7, 11) is -3.55. The Morgan fingerprint density at radius 2 is 1.88 bits per heavy atom. The number of sulfonamides is 1. The maximum absolute atomic E-state index is 12.4. The van der Waals surface area contributed by atoms with Crippen LogP contribution in [0.1, 0.15) is 29.7 Å². The molecule has 6 nitrogen and oxygen atoms in total. The van der Waals surface area contributed by atoms with Crippen LogP contribution in [0.2, 0.25) is 0 Å². The van der Waals surface area contributed by atoms with E-state index in [0.29, 0.717) is 11.6 Å². The van der Waals surface area contributed by atoms with E-state index >= 15 is 0 Å². The third-order valence-corrected chi connectivity index (χ3v) is 5.72. The fourth-order valence-corrected chi connectivity index (χ4v) is 3.77. The molecule has 1 aliphatic heterocycles. The first kappa shape index (κ1) is 16.9. The van der Waals surface area contributed by atoms with E-state index in [4.69, 9.17) is 0 Å². The zero-order chi connectivity index (χ0) is 17.2. The summed E-state index contributed by atoms with van der Waals surface area (Å²) in [5.74, 6) is 0.676. The second-order valence-corrected chi connectivity index (χ2v) is 7.88. The van der Waals surface area contributed by atoms with Crippen molar-refractivity contribution in [2.45, 2.75) is 38.1 Å². The number of aryl methyl sites for hydroxylation is 2. The van der Waals surface area contributed by atoms with E-state index in [1.165, 1.54) is 0 Å². The molecule has 1 aliphatic rings. The minimum absolute atomic E-state index is 0.151. The van der Waals surface area contributed by atoms with Crippen molar-refractivity contribution >= 4 is 16.0 Å². The predicted octanol–water partition coefficient (Wildman–Crippen LogP) is 2.17. The number of nitrogens with zero attached hydrogens (tertiary/aromatic N) is 3. The van der Waals surface area contributed by atoms with Gasteiger partial charge in [0.25, 0.3) is 0 Å². The number of hydrogen-bond acceptors (Lipinski definition) is 5. The molecule has 0 amide bonds. The second-order valence-electron chi connectivity index (χ2n) is 6.11. The molecule has 0 spiro atoms. The molecule has 1 aromatic carbocycles. The van der Waals surface area contributed by atoms with Gasteiger partial charge in [-0.2, -0.15) is 0 Å². The molecule has 0 aliphatic carbocycles. The largest absolute Gasteiger partial charge is 0.341 e. The van der Waals surface area contributed by atoms with Crippen LogP contribution < -0.4 is 9.62 Å². The first-order chi connectivity index (χ1) is 11.5. The van der Waals surface area contributed by atoms with Crippen LogP contribution in [0.5, 0.6) is 0 Å². The van der Waals surface area contributed by atoms with Crippen LogP contribution in [0.15, 0.2) is 35.4 Å². The van der Waals surface area contributed by atoms with Crippen LogP contribution in [-0.2, 0) is 16.6 Å². The summed E-state index contributed by atoms with van der Waals surface area (Å²) in [5.41, 5.74) is 2.69. The van der Waals surface area contributed by atoms with Crippen LogP contribution in [0.25, 0.3) is 0 Å². The van der Waals surface area contributed by atoms with Gasteiger partial charge in [-0.05, 0) is 56.0 Å². The Morgan fingerprint density at radius 1 is 1.12 bits per heavy atom. The van der Waals surface area contributed by atoms with Crippen molar-refractivity contribution in [3.63, 3.8) is 0 Å². The highest BCUT2D eigenvalue weighted by atomic mass is 32.2. The highest BCUT2D eigenvalue weighted by Crippen LogP contribution is 2.17. The Morgan fingerprint density at radius 3 is 2.58 bits per heavy atom. The van der Waals surface area contributed by atoms with Gasteiger partial charge >= 0.3 is 0 Å². The highest BCUT2D eigenvalue weighted by molar-refractivity contribution is 7.89. The molecule has 3 rings (SSSR count). The van der Waals surface area contributed by atoms with Crippen LogP contribution in [0.4, 0.5) is 5.95 Å². The second kappa shape index (κ2) is 6.86. The van der Waals surface area contributed by atoms with E-state index in [0.717, 1.165) is 37.1 Å². The molecule has 1 fully saturated rings. The van der Waals surface area contributed by atoms with Crippen molar-refractivity contribution in [3.8, 4) is 0 Å². The zero-order valence-corrected chi connectivity index (χ0v) is 14.8. The molecule has 0 bridgehead atoms. The minimum Gasteiger partial charge on any atom is -0.341 e. The molecular formula is C17H22N4O2S. The van der Waals surface area contributed by atoms with E-state index in [1.807, 2.05) is 19.9 Å². The Bertz CT molecular complexity index is 830. The lowest BCUT2D eigenvalue weighted by molar-refractivity contribution is 0.580. The van der Waals surface area contributed by atoms with E-state index in [9.17, 15) is 8.42 Å². The van der Waals surface area contributed by atoms with Crippen molar-refractivity contribution < 1.29 is 8.42 Å². The fraction of sp³-hybridized carbons (Fsp3) is 0.412. The number of nitrogens with one attached hydrogen (secondary N) is 1. The lowest BCUT2D eigenvalue weighted by Gasteiger charge is -2.15. The Balaban J connectivity index is 1.72. The van der Waals surface area contributed by atoms with Gasteiger partial charge in [0.15, 0.2) is 0 Å². The van der Waals surface area contributed by atoms with E-state index in [2.05, 4.69) is 19.6 Å². The monoisotopic (exact) mass is 346 g/mol. The molecule has 128 valence electrons. The molecule has 1 saturated heterocycles. The van der Waals surface area contributed by atoms with Crippen LogP contribution in [-0.4, -0.2) is 31.5 Å². The van der Waals surface area contributed by atoms with Gasteiger partial charge < -0.3 is 4.90 Å². The quantitative estimate of drug-likeness (QED) is 0.898. The van der Waals surface area contributed by atoms with Crippen molar-refractivity contribution in [3.05, 3.63) is 47.3 Å². The van der Waals surface area contributed by atoms with Crippen molar-refractivity contribution in [2.24, 2.45) is 0 Å². The normalized spacial score (nSPS) is 15.0. The average molecular weight is 346 g/mol. The lowest BCUT2D eigenvalue weighted by Crippen LogP contribution is -2.25. The smallest absolute Gasteiger partial charge is 0.240 e. The van der Waals surface area contributed by atoms with Gasteiger partial charge in [-0.3, -0.25) is 0 Å². The Kier molecular flexibility index (Phi) is 4.82. The zero-order valence-electron chi connectivity index (χ0n) is 14.0. The molecule has 1 aromatic heterocycles. The average Bonchev–Trinajstić information content (AvgIpc) is 3.10. The van der Waals surface area contributed by atoms with Gasteiger partial charge in [-0.1, -0.05) is 6.07 Å². The molecule has 0 saturated carbocycles. The van der Waals surface area contributed by atoms with E-state index in [-0.39, 0.29) is 11.4 Å². The summed E-state index contributed by atoms with van der Waals surface area (Å²) in [5, 5.41) is 0. The first-order valence-corrected chi connectivity index (χ1v) is 9.58. The SMILES string of the molecule is Cc1ccc(S(=O)(=O)NCc2ccnc(N3CCCC3)n2)cc1C. The third kappa shape index (κ3) is 3.73. The third-order valence-electron chi connectivity index (χ3n) is 4.32. The standard InChI is InChI=1S/C17H22N4O2S/c1-13-5-6-16(11-14(13)2)24(22,23)19-12-15-7-8-18-17(20-15)21-9-3-4-10-21/h5-8,11,19H,3-4,9-10,12H2,1-2H3. The molecule has 0 atom stereocenters. The number of hydrogen-bond donors (Lipinski definition) is 1. The molecular weight excluding hydrogens is 324 g/mol. The maximum Gasteiger partial charge on any atom is 0.240 e. The molecule has 1 N–H and O–H groups in total. The summed E-state index contributed by atoms with van der Waals surface area (Å²) in [6, 6.07) is 6.87. The molecule has 24 heavy (non-hydrogen) atoms. The Hall–Kier alpha value is -1.99. The highest BCUT2D eigenvalue weighted by Gasteiger charge is 2.17. The van der Waals surface area contributed by atoms with E-state index in [1.54, 1.807) is 24.4 Å². The summed E-state index contributed by atoms with van der Waals surface area (Å²) in [6.07, 6.45) is 3.97. The maximum atomic E-state index is 12.4. The number of aromatic nitrogens is 2.